The van der Waals surface area contributed by atoms with Crippen LogP contribution >= 0.6 is 45.2 Å². The number of ketones is 1. The van der Waals surface area contributed by atoms with Crippen LogP contribution in [-0.4, -0.2) is 29.5 Å². The van der Waals surface area contributed by atoms with Crippen LogP contribution in [0, 0.1) is 12.0 Å². The maximum Gasteiger partial charge on any atom is 0.228 e. The highest BCUT2D eigenvalue weighted by molar-refractivity contribution is 14.1. The van der Waals surface area contributed by atoms with E-state index in [1.54, 1.807) is 38.1 Å². The number of hydrogen-bond acceptors (Lipinski definition) is 6. The van der Waals surface area contributed by atoms with Crippen molar-refractivity contribution in [2.24, 2.45) is 5.18 Å². The Hall–Kier alpha value is -1.60. The summed E-state index contributed by atoms with van der Waals surface area (Å²) in [5, 5.41) is 15.5. The molecule has 9 heteroatoms. The third-order valence-corrected chi connectivity index (χ3v) is 6.60. The molecule has 1 fully saturated rings. The number of epoxide rings is 1. The summed E-state index contributed by atoms with van der Waals surface area (Å²) in [6, 6.07) is 9.65. The highest BCUT2D eigenvalue weighted by Crippen LogP contribution is 2.33. The van der Waals surface area contributed by atoms with Gasteiger partial charge in [-0.2, -0.15) is 0 Å². The second-order valence-electron chi connectivity index (χ2n) is 6.99. The van der Waals surface area contributed by atoms with Gasteiger partial charge in [-0.3, -0.25) is 9.59 Å². The number of nitroso groups, excluding NO2 is 1. The maximum atomic E-state index is 13.1. The Bertz CT molecular complexity index is 952. The van der Waals surface area contributed by atoms with Crippen LogP contribution in [0.2, 0.25) is 0 Å². The molecule has 1 saturated heterocycles. The summed E-state index contributed by atoms with van der Waals surface area (Å²) < 4.78 is 6.46. The Morgan fingerprint density at radius 3 is 2.28 bits per heavy atom. The monoisotopic (exact) mass is 620 g/mol. The molecular weight excluding hydrogens is 602 g/mol. The Morgan fingerprint density at radius 2 is 1.79 bits per heavy atom. The second kappa shape index (κ2) is 8.64. The summed E-state index contributed by atoms with van der Waals surface area (Å²) in [6.45, 7) is 3.70. The van der Waals surface area contributed by atoms with Crippen LogP contribution in [0.3, 0.4) is 0 Å². The van der Waals surface area contributed by atoms with Gasteiger partial charge >= 0.3 is 0 Å². The minimum absolute atomic E-state index is 0.0685. The fraction of sp³-hybridized carbons (Fsp3) is 0.300. The summed E-state index contributed by atoms with van der Waals surface area (Å²) in [4.78, 5) is 37.0. The molecule has 2 N–H and O–H groups in total. The first-order valence-corrected chi connectivity index (χ1v) is 10.9. The van der Waals surface area contributed by atoms with Gasteiger partial charge in [0.2, 0.25) is 5.91 Å². The van der Waals surface area contributed by atoms with E-state index in [-0.39, 0.29) is 17.4 Å². The number of aromatic hydroxyl groups is 1. The molecule has 1 aliphatic rings. The molecule has 0 aromatic heterocycles. The maximum absolute atomic E-state index is 13.1. The van der Waals surface area contributed by atoms with E-state index in [0.717, 1.165) is 0 Å². The summed E-state index contributed by atoms with van der Waals surface area (Å²) >= 11 is 4.02. The van der Waals surface area contributed by atoms with Crippen LogP contribution < -0.4 is 5.32 Å². The number of rotatable bonds is 7. The first kappa shape index (κ1) is 22.1. The summed E-state index contributed by atoms with van der Waals surface area (Å²) in [5.74, 6) is -1.08. The van der Waals surface area contributed by atoms with Gasteiger partial charge in [0, 0.05) is 7.14 Å². The number of benzene rings is 2. The molecule has 3 atom stereocenters. The smallest absolute Gasteiger partial charge is 0.228 e. The van der Waals surface area contributed by atoms with Crippen molar-refractivity contribution in [3.63, 3.8) is 0 Å². The third-order valence-electron chi connectivity index (χ3n) is 4.96. The van der Waals surface area contributed by atoms with E-state index in [9.17, 15) is 19.6 Å². The number of hydrogen-bond donors (Lipinski definition) is 2. The zero-order valence-electron chi connectivity index (χ0n) is 15.6. The van der Waals surface area contributed by atoms with Crippen LogP contribution in [0.15, 0.2) is 41.6 Å². The Morgan fingerprint density at radius 1 is 1.24 bits per heavy atom. The SMILES string of the molecule is CC(C(=O)NC(C)(C(=O)C1CO1)c1ccc(O)cc1)c1cc(I)c(N=O)c(I)c1. The van der Waals surface area contributed by atoms with E-state index in [4.69, 9.17) is 4.74 Å². The van der Waals surface area contributed by atoms with Crippen LogP contribution in [0.1, 0.15) is 30.9 Å². The van der Waals surface area contributed by atoms with Crippen molar-refractivity contribution in [3.05, 3.63) is 59.6 Å². The van der Waals surface area contributed by atoms with Crippen LogP contribution in [-0.2, 0) is 19.9 Å². The third kappa shape index (κ3) is 4.61. The van der Waals surface area contributed by atoms with E-state index in [0.29, 0.717) is 30.6 Å². The Kier molecular flexibility index (Phi) is 6.58. The molecule has 2 aromatic rings. The molecule has 3 unspecified atom stereocenters. The lowest BCUT2D eigenvalue weighted by atomic mass is 9.85. The molecule has 0 radical (unpaired) electrons. The van der Waals surface area contributed by atoms with Gasteiger partial charge < -0.3 is 15.2 Å². The predicted molar refractivity (Wildman–Crippen MR) is 124 cm³/mol. The number of carbonyl (C=O) groups is 2. The molecule has 0 saturated carbocycles. The fourth-order valence-corrected chi connectivity index (χ4v) is 5.03. The number of nitrogens with zero attached hydrogens (tertiary/aromatic N) is 1. The number of phenolic OH excluding ortho intramolecular Hbond substituents is 1. The minimum atomic E-state index is -1.30. The van der Waals surface area contributed by atoms with Gasteiger partial charge in [0.25, 0.3) is 0 Å². The average molecular weight is 620 g/mol. The summed E-state index contributed by atoms with van der Waals surface area (Å²) in [5.41, 5.74) is 0.315. The number of carbonyl (C=O) groups excluding carboxylic acids is 2. The lowest BCUT2D eigenvalue weighted by molar-refractivity contribution is -0.133. The lowest BCUT2D eigenvalue weighted by Crippen LogP contribution is -2.52. The Balaban J connectivity index is 1.91. The molecule has 7 nitrogen and oxygen atoms in total. The summed E-state index contributed by atoms with van der Waals surface area (Å²) in [6.07, 6.45) is -0.552. The van der Waals surface area contributed by atoms with Gasteiger partial charge in [-0.1, -0.05) is 12.1 Å². The molecule has 29 heavy (non-hydrogen) atoms. The molecule has 0 aliphatic carbocycles. The number of ether oxygens (including phenoxy) is 1. The molecule has 1 amide bonds. The van der Waals surface area contributed by atoms with Crippen molar-refractivity contribution in [1.29, 1.82) is 0 Å². The topological polar surface area (TPSA) is 108 Å². The van der Waals surface area contributed by atoms with Crippen molar-refractivity contribution >= 4 is 62.6 Å². The molecule has 0 bridgehead atoms. The molecular formula is C20H18I2N2O5. The molecule has 0 spiro atoms. The number of phenols is 1. The zero-order chi connectivity index (χ0) is 21.3. The number of nitrogens with one attached hydrogen (secondary N) is 1. The van der Waals surface area contributed by atoms with Crippen LogP contribution in [0.4, 0.5) is 5.69 Å². The van der Waals surface area contributed by atoms with Gasteiger partial charge in [0.05, 0.1) is 12.5 Å². The molecule has 1 aliphatic heterocycles. The number of halogens is 2. The first-order chi connectivity index (χ1) is 13.7. The minimum Gasteiger partial charge on any atom is -0.508 e. The van der Waals surface area contributed by atoms with Gasteiger partial charge in [-0.15, -0.1) is 4.91 Å². The van der Waals surface area contributed by atoms with Gasteiger partial charge in [-0.25, -0.2) is 0 Å². The van der Waals surface area contributed by atoms with Crippen LogP contribution in [0.5, 0.6) is 5.75 Å². The van der Waals surface area contributed by atoms with E-state index in [1.165, 1.54) is 12.1 Å². The van der Waals surface area contributed by atoms with Crippen LogP contribution in [0.25, 0.3) is 0 Å². The van der Waals surface area contributed by atoms with E-state index in [1.807, 2.05) is 45.2 Å². The van der Waals surface area contributed by atoms with Gasteiger partial charge in [0.1, 0.15) is 23.1 Å². The number of amides is 1. The Labute approximate surface area is 194 Å². The highest BCUT2D eigenvalue weighted by Gasteiger charge is 2.46. The summed E-state index contributed by atoms with van der Waals surface area (Å²) in [7, 11) is 0. The highest BCUT2D eigenvalue weighted by atomic mass is 127. The normalized spacial score (nSPS) is 18.4. The fourth-order valence-electron chi connectivity index (χ4n) is 3.02. The predicted octanol–water partition coefficient (Wildman–Crippen LogP) is 4.10. The second-order valence-corrected chi connectivity index (χ2v) is 9.32. The lowest BCUT2D eigenvalue weighted by Gasteiger charge is -2.31. The molecule has 1 heterocycles. The van der Waals surface area contributed by atoms with Crippen molar-refractivity contribution in [1.82, 2.24) is 5.32 Å². The van der Waals surface area contributed by atoms with Crippen molar-refractivity contribution in [2.75, 3.05) is 6.61 Å². The molecule has 152 valence electrons. The van der Waals surface area contributed by atoms with Crippen molar-refractivity contribution in [2.45, 2.75) is 31.4 Å². The van der Waals surface area contributed by atoms with Crippen molar-refractivity contribution in [3.8, 4) is 5.75 Å². The van der Waals surface area contributed by atoms with Gasteiger partial charge in [0.15, 0.2) is 5.78 Å². The van der Waals surface area contributed by atoms with Crippen molar-refractivity contribution < 1.29 is 19.4 Å². The molecule has 3 rings (SSSR count). The van der Waals surface area contributed by atoms with E-state index in [2.05, 4.69) is 10.5 Å². The quantitative estimate of drug-likeness (QED) is 0.276. The van der Waals surface area contributed by atoms with E-state index >= 15 is 0 Å². The average Bonchev–Trinajstić information content (AvgIpc) is 3.52. The zero-order valence-corrected chi connectivity index (χ0v) is 19.9. The largest absolute Gasteiger partial charge is 0.508 e. The van der Waals surface area contributed by atoms with E-state index < -0.39 is 17.6 Å². The molecule has 2 aromatic carbocycles. The standard InChI is InChI=1S/C20H18I2N2O5/c1-10(11-7-14(21)17(24-28)15(22)8-11)19(27)23-20(2,18(26)16-9-29-16)12-3-5-13(25)6-4-12/h3-8,10,16,25H,9H2,1-2H3,(H,23,27). The number of Topliss-reactive ketones (excluding diaryl/α,β-unsaturated/α-hetero) is 1. The van der Waals surface area contributed by atoms with Gasteiger partial charge in [-0.05, 0) is 99.6 Å². The first-order valence-electron chi connectivity index (χ1n) is 8.77.